The molecule has 2 rings (SSSR count). The Bertz CT molecular complexity index is 477. The van der Waals surface area contributed by atoms with Crippen molar-refractivity contribution in [2.24, 2.45) is 0 Å². The molecule has 0 radical (unpaired) electrons. The SMILES string of the molecule is CC(C)(C)OC(=O)CNC1CCc2c(O)cccc21. The van der Waals surface area contributed by atoms with Gasteiger partial charge >= 0.3 is 5.97 Å². The standard InChI is InChI=1S/C15H21NO3/c1-15(2,3)19-14(18)9-16-12-8-7-11-10(12)5-4-6-13(11)17/h4-6,12,16-17H,7-9H2,1-3H3. The second-order valence-electron chi connectivity index (χ2n) is 5.90. The normalized spacial score (nSPS) is 18.2. The maximum Gasteiger partial charge on any atom is 0.320 e. The average molecular weight is 263 g/mol. The van der Waals surface area contributed by atoms with Crippen molar-refractivity contribution in [1.29, 1.82) is 0 Å². The molecule has 2 N–H and O–H groups in total. The number of carbonyl (C=O) groups is 1. The Labute approximate surface area is 113 Å². The third-order valence-corrected chi connectivity index (χ3v) is 3.16. The van der Waals surface area contributed by atoms with Gasteiger partial charge in [0, 0.05) is 6.04 Å². The van der Waals surface area contributed by atoms with Crippen LogP contribution >= 0.6 is 0 Å². The molecule has 1 aromatic carbocycles. The quantitative estimate of drug-likeness (QED) is 0.822. The Morgan fingerprint density at radius 3 is 2.89 bits per heavy atom. The summed E-state index contributed by atoms with van der Waals surface area (Å²) in [6.07, 6.45) is 1.74. The first-order chi connectivity index (χ1) is 8.87. The lowest BCUT2D eigenvalue weighted by molar-refractivity contribution is -0.153. The molecule has 1 atom stereocenters. The Kier molecular flexibility index (Phi) is 3.80. The van der Waals surface area contributed by atoms with Gasteiger partial charge in [-0.2, -0.15) is 0 Å². The molecule has 1 aromatic rings. The van der Waals surface area contributed by atoms with Crippen LogP contribution in [0, 0.1) is 0 Å². The summed E-state index contributed by atoms with van der Waals surface area (Å²) in [6, 6.07) is 5.65. The van der Waals surface area contributed by atoms with E-state index >= 15 is 0 Å². The number of phenols is 1. The predicted octanol–water partition coefficient (Wildman–Crippen LogP) is 2.31. The lowest BCUT2D eigenvalue weighted by atomic mass is 10.1. The number of phenolic OH excluding ortho intramolecular Hbond substituents is 1. The number of hydrogen-bond donors (Lipinski definition) is 2. The zero-order valence-electron chi connectivity index (χ0n) is 11.7. The zero-order valence-corrected chi connectivity index (χ0v) is 11.7. The van der Waals surface area contributed by atoms with Gasteiger partial charge in [0.25, 0.3) is 0 Å². The first kappa shape index (κ1) is 13.9. The van der Waals surface area contributed by atoms with Gasteiger partial charge in [-0.3, -0.25) is 4.79 Å². The van der Waals surface area contributed by atoms with E-state index in [9.17, 15) is 9.90 Å². The fraction of sp³-hybridized carbons (Fsp3) is 0.533. The third-order valence-electron chi connectivity index (χ3n) is 3.16. The van der Waals surface area contributed by atoms with Gasteiger partial charge in [0.05, 0.1) is 6.54 Å². The highest BCUT2D eigenvalue weighted by molar-refractivity contribution is 5.72. The minimum absolute atomic E-state index is 0.120. The Balaban J connectivity index is 1.93. The van der Waals surface area contributed by atoms with E-state index in [2.05, 4.69) is 5.32 Å². The highest BCUT2D eigenvalue weighted by atomic mass is 16.6. The lowest BCUT2D eigenvalue weighted by Gasteiger charge is -2.21. The smallest absolute Gasteiger partial charge is 0.320 e. The fourth-order valence-corrected chi connectivity index (χ4v) is 2.43. The number of esters is 1. The van der Waals surface area contributed by atoms with Crippen LogP contribution in [0.1, 0.15) is 44.4 Å². The van der Waals surface area contributed by atoms with Gasteiger partial charge < -0.3 is 15.2 Å². The average Bonchev–Trinajstić information content (AvgIpc) is 2.69. The van der Waals surface area contributed by atoms with Crippen molar-refractivity contribution in [3.05, 3.63) is 29.3 Å². The molecule has 1 aliphatic carbocycles. The fourth-order valence-electron chi connectivity index (χ4n) is 2.43. The van der Waals surface area contributed by atoms with Crippen molar-refractivity contribution in [3.63, 3.8) is 0 Å². The minimum Gasteiger partial charge on any atom is -0.508 e. The van der Waals surface area contributed by atoms with Crippen molar-refractivity contribution in [1.82, 2.24) is 5.32 Å². The summed E-state index contributed by atoms with van der Waals surface area (Å²) in [5, 5.41) is 13.0. The molecule has 1 unspecified atom stereocenters. The van der Waals surface area contributed by atoms with Gasteiger partial charge in [0.15, 0.2) is 0 Å². The van der Waals surface area contributed by atoms with Gasteiger partial charge in [0.1, 0.15) is 11.4 Å². The van der Waals surface area contributed by atoms with Gasteiger partial charge in [-0.1, -0.05) is 12.1 Å². The largest absolute Gasteiger partial charge is 0.508 e. The van der Waals surface area contributed by atoms with Crippen LogP contribution in [0.3, 0.4) is 0 Å². The van der Waals surface area contributed by atoms with Crippen LogP contribution in [-0.2, 0) is 16.0 Å². The molecule has 0 aromatic heterocycles. The van der Waals surface area contributed by atoms with Crippen LogP contribution in [-0.4, -0.2) is 23.2 Å². The summed E-state index contributed by atoms with van der Waals surface area (Å²) in [6.45, 7) is 5.76. The van der Waals surface area contributed by atoms with Crippen LogP contribution in [0.15, 0.2) is 18.2 Å². The second kappa shape index (κ2) is 5.21. The number of hydrogen-bond acceptors (Lipinski definition) is 4. The monoisotopic (exact) mass is 263 g/mol. The molecule has 4 nitrogen and oxygen atoms in total. The number of rotatable bonds is 3. The number of benzene rings is 1. The van der Waals surface area contributed by atoms with Crippen molar-refractivity contribution in [3.8, 4) is 5.75 Å². The molecule has 0 amide bonds. The van der Waals surface area contributed by atoms with Crippen LogP contribution in [0.5, 0.6) is 5.75 Å². The Morgan fingerprint density at radius 1 is 1.47 bits per heavy atom. The summed E-state index contributed by atoms with van der Waals surface area (Å²) in [7, 11) is 0. The zero-order chi connectivity index (χ0) is 14.0. The lowest BCUT2D eigenvalue weighted by Crippen LogP contribution is -2.32. The van der Waals surface area contributed by atoms with Crippen molar-refractivity contribution >= 4 is 5.97 Å². The molecule has 19 heavy (non-hydrogen) atoms. The molecule has 0 saturated heterocycles. The van der Waals surface area contributed by atoms with Gasteiger partial charge in [-0.15, -0.1) is 0 Å². The van der Waals surface area contributed by atoms with E-state index in [4.69, 9.17) is 4.74 Å². The molecule has 1 aliphatic rings. The number of fused-ring (bicyclic) bond motifs is 1. The van der Waals surface area contributed by atoms with E-state index in [1.807, 2.05) is 32.9 Å². The maximum atomic E-state index is 11.7. The van der Waals surface area contributed by atoms with Crippen LogP contribution < -0.4 is 5.32 Å². The summed E-state index contributed by atoms with van der Waals surface area (Å²) < 4.78 is 5.26. The number of ether oxygens (including phenoxy) is 1. The Hall–Kier alpha value is -1.55. The van der Waals surface area contributed by atoms with Crippen molar-refractivity contribution in [2.45, 2.75) is 45.3 Å². The van der Waals surface area contributed by atoms with E-state index in [1.165, 1.54) is 0 Å². The predicted molar refractivity (Wildman–Crippen MR) is 73.0 cm³/mol. The summed E-state index contributed by atoms with van der Waals surface area (Å²) in [4.78, 5) is 11.7. The number of nitrogens with one attached hydrogen (secondary N) is 1. The number of carbonyl (C=O) groups excluding carboxylic acids is 1. The van der Waals surface area contributed by atoms with E-state index in [-0.39, 0.29) is 18.6 Å². The van der Waals surface area contributed by atoms with E-state index in [1.54, 1.807) is 6.07 Å². The highest BCUT2D eigenvalue weighted by Crippen LogP contribution is 2.36. The Morgan fingerprint density at radius 2 is 2.21 bits per heavy atom. The van der Waals surface area contributed by atoms with E-state index in [0.29, 0.717) is 5.75 Å². The van der Waals surface area contributed by atoms with Crippen molar-refractivity contribution < 1.29 is 14.6 Å². The molecule has 0 fully saturated rings. The highest BCUT2D eigenvalue weighted by Gasteiger charge is 2.25. The summed E-state index contributed by atoms with van der Waals surface area (Å²) in [5.74, 6) is 0.0974. The molecule has 0 heterocycles. The van der Waals surface area contributed by atoms with Crippen LogP contribution in [0.2, 0.25) is 0 Å². The molecular formula is C15H21NO3. The van der Waals surface area contributed by atoms with Gasteiger partial charge in [0.2, 0.25) is 0 Å². The first-order valence-corrected chi connectivity index (χ1v) is 6.63. The van der Waals surface area contributed by atoms with E-state index in [0.717, 1.165) is 24.0 Å². The summed E-state index contributed by atoms with van der Waals surface area (Å²) >= 11 is 0. The molecule has 104 valence electrons. The first-order valence-electron chi connectivity index (χ1n) is 6.63. The third kappa shape index (κ3) is 3.47. The van der Waals surface area contributed by atoms with Crippen LogP contribution in [0.4, 0.5) is 0 Å². The maximum absolute atomic E-state index is 11.7. The second-order valence-corrected chi connectivity index (χ2v) is 5.90. The van der Waals surface area contributed by atoms with Crippen LogP contribution in [0.25, 0.3) is 0 Å². The molecule has 0 spiro atoms. The number of aromatic hydroxyl groups is 1. The molecular weight excluding hydrogens is 242 g/mol. The van der Waals surface area contributed by atoms with Gasteiger partial charge in [-0.05, 0) is 50.8 Å². The molecule has 0 aliphatic heterocycles. The topological polar surface area (TPSA) is 58.6 Å². The minimum atomic E-state index is -0.454. The molecule has 4 heteroatoms. The summed E-state index contributed by atoms with van der Waals surface area (Å²) in [5.41, 5.74) is 1.62. The van der Waals surface area contributed by atoms with Gasteiger partial charge in [-0.25, -0.2) is 0 Å². The van der Waals surface area contributed by atoms with E-state index < -0.39 is 5.60 Å². The molecule has 0 saturated carbocycles. The molecule has 0 bridgehead atoms. The van der Waals surface area contributed by atoms with Crippen molar-refractivity contribution in [2.75, 3.05) is 6.54 Å².